The monoisotopic (exact) mass is 478 g/mol. The number of methoxy groups -OCH3 is 4. The molecule has 2 aliphatic rings. The zero-order valence-electron chi connectivity index (χ0n) is 29.6. The third-order valence-electron chi connectivity index (χ3n) is 6.36. The summed E-state index contributed by atoms with van der Waals surface area (Å²) < 4.78 is 100. The maximum atomic E-state index is 13.2. The molecule has 2 aromatic carbocycles. The van der Waals surface area contributed by atoms with E-state index >= 15 is 0 Å². The normalized spacial score (nSPS) is 22.9. The van der Waals surface area contributed by atoms with Gasteiger partial charge in [-0.2, -0.15) is 0 Å². The van der Waals surface area contributed by atoms with Gasteiger partial charge in [-0.15, -0.1) is 0 Å². The molecule has 7 nitrogen and oxygen atoms in total. The third kappa shape index (κ3) is 4.94. The summed E-state index contributed by atoms with van der Waals surface area (Å²) >= 11 is 0. The number of amides is 1. The Morgan fingerprint density at radius 1 is 1.00 bits per heavy atom. The molecular weight excluding hydrogens is 432 g/mol. The molecule has 0 fully saturated rings. The van der Waals surface area contributed by atoms with E-state index in [2.05, 4.69) is 0 Å². The molecule has 2 aromatic rings. The van der Waals surface area contributed by atoms with Crippen molar-refractivity contribution in [3.05, 3.63) is 46.5 Å². The van der Waals surface area contributed by atoms with Crippen molar-refractivity contribution in [2.75, 3.05) is 61.4 Å². The van der Waals surface area contributed by atoms with Gasteiger partial charge >= 0.3 is 0 Å². The highest BCUT2D eigenvalue weighted by Gasteiger charge is 2.29. The van der Waals surface area contributed by atoms with Crippen molar-refractivity contribution in [2.24, 2.45) is 0 Å². The van der Waals surface area contributed by atoms with Crippen LogP contribution >= 0.6 is 0 Å². The van der Waals surface area contributed by atoms with Gasteiger partial charge in [0.05, 0.1) is 42.9 Å². The van der Waals surface area contributed by atoms with Crippen molar-refractivity contribution < 1.29 is 37.4 Å². The van der Waals surface area contributed by atoms with Gasteiger partial charge in [0.25, 0.3) is 0 Å². The molecule has 0 aromatic heterocycles. The molecule has 0 N–H and O–H groups in total. The van der Waals surface area contributed by atoms with Crippen LogP contribution in [-0.2, 0) is 24.1 Å². The van der Waals surface area contributed by atoms with Crippen LogP contribution in [0.15, 0.2) is 24.3 Å². The van der Waals surface area contributed by atoms with Gasteiger partial charge < -0.3 is 28.7 Å². The molecule has 1 atom stereocenters. The summed E-state index contributed by atoms with van der Waals surface area (Å²) in [5.74, 6) is -0.589. The van der Waals surface area contributed by atoms with Crippen LogP contribution in [0.2, 0.25) is 0 Å². The number of fused-ring (bicyclic) bond motifs is 2. The van der Waals surface area contributed by atoms with E-state index in [4.69, 9.17) is 32.7 Å². The molecule has 1 aliphatic carbocycles. The van der Waals surface area contributed by atoms with Crippen molar-refractivity contribution in [3.8, 4) is 23.0 Å². The number of carbonyl (C=O) groups is 1. The van der Waals surface area contributed by atoms with Gasteiger partial charge in [-0.3, -0.25) is 4.79 Å². The number of rotatable bonds is 10. The van der Waals surface area contributed by atoms with Crippen molar-refractivity contribution >= 4 is 5.91 Å². The van der Waals surface area contributed by atoms with Crippen LogP contribution < -0.4 is 18.9 Å². The van der Waals surface area contributed by atoms with Gasteiger partial charge in [0.1, 0.15) is 0 Å². The second-order valence-corrected chi connectivity index (χ2v) is 8.34. The van der Waals surface area contributed by atoms with Gasteiger partial charge in [0, 0.05) is 31.0 Å². The predicted octanol–water partition coefficient (Wildman–Crippen LogP) is 3.31. The Labute approximate surface area is 216 Å². The Bertz CT molecular complexity index is 1400. The van der Waals surface area contributed by atoms with Gasteiger partial charge in [0.15, 0.2) is 23.0 Å². The van der Waals surface area contributed by atoms with E-state index in [1.54, 1.807) is 6.07 Å². The Hall–Kier alpha value is -2.93. The van der Waals surface area contributed by atoms with Gasteiger partial charge in [0.2, 0.25) is 5.91 Å². The van der Waals surface area contributed by atoms with Crippen molar-refractivity contribution in [1.82, 2.24) is 9.80 Å². The lowest BCUT2D eigenvalue weighted by atomic mass is 9.77. The fraction of sp³-hybridized carbons (Fsp3) is 0.519. The number of carbonyl (C=O) groups excluding carboxylic acids is 1. The molecule has 0 saturated heterocycles. The van der Waals surface area contributed by atoms with Gasteiger partial charge in [-0.25, -0.2) is 0 Å². The number of hydrogen-bond donors (Lipinski definition) is 0. The molecule has 0 saturated carbocycles. The summed E-state index contributed by atoms with van der Waals surface area (Å²) in [6, 6.07) is 6.19. The van der Waals surface area contributed by atoms with Crippen LogP contribution in [0.3, 0.4) is 0 Å². The fourth-order valence-corrected chi connectivity index (χ4v) is 4.48. The Morgan fingerprint density at radius 3 is 2.35 bits per heavy atom. The third-order valence-corrected chi connectivity index (χ3v) is 6.36. The zero-order chi connectivity index (χ0) is 32.8. The molecule has 0 bridgehead atoms. The smallest absolute Gasteiger partial charge is 0.227 e. The Kier molecular flexibility index (Phi) is 4.49. The Morgan fingerprint density at radius 2 is 1.65 bits per heavy atom. The average molecular weight is 479 g/mol. The van der Waals surface area contributed by atoms with Crippen molar-refractivity contribution in [1.29, 1.82) is 0 Å². The van der Waals surface area contributed by atoms with Gasteiger partial charge in [-0.1, -0.05) is 0 Å². The number of nitrogens with zero attached hydrogens (tertiary/aromatic N) is 2. The summed E-state index contributed by atoms with van der Waals surface area (Å²) in [6.07, 6.45) is 0.462. The van der Waals surface area contributed by atoms with Crippen LogP contribution in [0.4, 0.5) is 0 Å². The van der Waals surface area contributed by atoms with Gasteiger partial charge in [-0.05, 0) is 79.3 Å². The lowest BCUT2D eigenvalue weighted by Crippen LogP contribution is -2.36. The molecule has 1 amide bonds. The number of ether oxygens (including phenoxy) is 4. The van der Waals surface area contributed by atoms with Crippen LogP contribution in [0.25, 0.3) is 0 Å². The minimum Gasteiger partial charge on any atom is -0.493 e. The molecule has 1 heterocycles. The minimum atomic E-state index is -2.70. The Balaban J connectivity index is 1.45. The quantitative estimate of drug-likeness (QED) is 0.522. The SMILES string of the molecule is [2H]C([2H])([2H])Oc1cc2c(cc1OC)CCN(CCC([2H])([2H])N(C)C([2H])([2H])C1Cc3cc(OC([2H])([2H])[2H])c(OC)cc31)C(=O)C2. The summed E-state index contributed by atoms with van der Waals surface area (Å²) in [4.78, 5) is 15.7. The van der Waals surface area contributed by atoms with E-state index in [1.165, 1.54) is 44.4 Å². The lowest BCUT2D eigenvalue weighted by Gasteiger charge is -2.34. The van der Waals surface area contributed by atoms with E-state index in [9.17, 15) is 4.79 Å². The maximum absolute atomic E-state index is 13.2. The first kappa shape index (κ1) is 14.5. The largest absolute Gasteiger partial charge is 0.493 e. The zero-order valence-corrected chi connectivity index (χ0v) is 19.6. The highest BCUT2D eigenvalue weighted by atomic mass is 16.5. The molecule has 7 heteroatoms. The van der Waals surface area contributed by atoms with E-state index in [-0.39, 0.29) is 61.3 Å². The van der Waals surface area contributed by atoms with Crippen LogP contribution in [0, 0.1) is 0 Å². The van der Waals surface area contributed by atoms with E-state index < -0.39 is 33.0 Å². The highest BCUT2D eigenvalue weighted by Crippen LogP contribution is 2.42. The maximum Gasteiger partial charge on any atom is 0.227 e. The topological polar surface area (TPSA) is 60.5 Å². The molecule has 34 heavy (non-hydrogen) atoms. The lowest BCUT2D eigenvalue weighted by molar-refractivity contribution is -0.130. The highest BCUT2D eigenvalue weighted by molar-refractivity contribution is 5.80. The number of hydrogen-bond acceptors (Lipinski definition) is 6. The van der Waals surface area contributed by atoms with E-state index in [0.717, 1.165) is 10.5 Å². The molecule has 0 radical (unpaired) electrons. The van der Waals surface area contributed by atoms with E-state index in [0.29, 0.717) is 23.1 Å². The molecular formula is C27H36N2O5. The minimum absolute atomic E-state index is 0.00362. The number of likely N-dealkylation sites (N-methyl/N-ethyl adjacent to an activating group) is 1. The van der Waals surface area contributed by atoms with Crippen LogP contribution in [-0.4, -0.2) is 77.1 Å². The molecule has 0 spiro atoms. The average Bonchev–Trinajstić information content (AvgIpc) is 3.03. The standard InChI is InChI=1S/C27H36N2O5/c1-28(17-21-11-20-14-25(33-4)26(34-5)16-22(20)21)8-6-9-29-10-7-18-12-23(31-2)24(32-3)13-19(18)15-27(29)30/h12-14,16,21H,6-11,15,17H2,1-5H3/i3D3,4D3,8D2,17D2. The van der Waals surface area contributed by atoms with Crippen LogP contribution in [0.5, 0.6) is 23.0 Å². The van der Waals surface area contributed by atoms with Crippen molar-refractivity contribution in [2.45, 2.75) is 31.6 Å². The summed E-state index contributed by atoms with van der Waals surface area (Å²) in [5.41, 5.74) is 2.65. The predicted molar refractivity (Wildman–Crippen MR) is 132 cm³/mol. The second-order valence-electron chi connectivity index (χ2n) is 8.34. The van der Waals surface area contributed by atoms with Crippen LogP contribution in [0.1, 0.15) is 48.3 Å². The fourth-order valence-electron chi connectivity index (χ4n) is 4.48. The second kappa shape index (κ2) is 10.6. The summed E-state index contributed by atoms with van der Waals surface area (Å²) in [6.45, 7) is -3.96. The van der Waals surface area contributed by atoms with E-state index in [1.807, 2.05) is 0 Å². The molecule has 1 aliphatic heterocycles. The first-order chi connectivity index (χ1) is 20.3. The summed E-state index contributed by atoms with van der Waals surface area (Å²) in [7, 11) is -1.28. The first-order valence-electron chi connectivity index (χ1n) is 16.1. The molecule has 1 unspecified atom stereocenters. The first-order valence-corrected chi connectivity index (χ1v) is 11.1. The molecule has 4 rings (SSSR count). The van der Waals surface area contributed by atoms with Crippen molar-refractivity contribution in [3.63, 3.8) is 0 Å². The number of benzene rings is 2. The molecule has 184 valence electrons. The summed E-state index contributed by atoms with van der Waals surface area (Å²) in [5, 5.41) is 0.